The highest BCUT2D eigenvalue weighted by atomic mass is 35.5. The van der Waals surface area contributed by atoms with Gasteiger partial charge in [-0.1, -0.05) is 17.7 Å². The minimum atomic E-state index is -0.475. The van der Waals surface area contributed by atoms with E-state index < -0.39 is 6.03 Å². The zero-order valence-corrected chi connectivity index (χ0v) is 18.9. The van der Waals surface area contributed by atoms with Crippen LogP contribution in [0, 0.1) is 6.92 Å². The van der Waals surface area contributed by atoms with Crippen LogP contribution in [-0.4, -0.2) is 37.1 Å². The molecule has 0 spiro atoms. The number of carbonyl (C=O) groups is 2. The van der Waals surface area contributed by atoms with Crippen LogP contribution in [0.4, 0.5) is 16.2 Å². The first-order valence-electron chi connectivity index (χ1n) is 10.1. The number of nitrogens with two attached hydrogens (primary N) is 1. The first-order valence-corrected chi connectivity index (χ1v) is 10.4. The zero-order valence-electron chi connectivity index (χ0n) is 18.1. The van der Waals surface area contributed by atoms with Gasteiger partial charge in [-0.15, -0.1) is 0 Å². The molecule has 0 fully saturated rings. The molecule has 0 atom stereocenters. The standard InChI is InChI=1S/C23H24ClN5O4/c1-14-10-19(21(13-18(14)24)32-9-7-25)29-23(31)28-15-4-3-5-16(11-15)33-17-6-8-27-20(12-17)22(30)26-2/h3-6,8,10-13H,7,9,25H2,1-2H3,(H,26,30)(H2,28,29,31). The van der Waals surface area contributed by atoms with Crippen molar-refractivity contribution in [2.75, 3.05) is 30.8 Å². The summed E-state index contributed by atoms with van der Waals surface area (Å²) in [5.74, 6) is 1.01. The molecule has 3 aromatic rings. The van der Waals surface area contributed by atoms with Crippen LogP contribution in [0.3, 0.4) is 0 Å². The van der Waals surface area contributed by atoms with Crippen molar-refractivity contribution < 1.29 is 19.1 Å². The Morgan fingerprint density at radius 1 is 1.09 bits per heavy atom. The van der Waals surface area contributed by atoms with Gasteiger partial charge >= 0.3 is 6.03 Å². The van der Waals surface area contributed by atoms with E-state index >= 15 is 0 Å². The first kappa shape index (κ1) is 23.8. The Balaban J connectivity index is 1.70. The third-order valence-corrected chi connectivity index (χ3v) is 4.81. The molecule has 0 aliphatic heterocycles. The lowest BCUT2D eigenvalue weighted by Gasteiger charge is -2.15. The number of rotatable bonds is 8. The Morgan fingerprint density at radius 2 is 1.88 bits per heavy atom. The number of pyridine rings is 1. The molecular formula is C23H24ClN5O4. The minimum absolute atomic E-state index is 0.231. The van der Waals surface area contributed by atoms with Crippen molar-refractivity contribution >= 4 is 34.9 Å². The predicted molar refractivity (Wildman–Crippen MR) is 128 cm³/mol. The molecular weight excluding hydrogens is 446 g/mol. The third-order valence-electron chi connectivity index (χ3n) is 4.40. The Labute approximate surface area is 196 Å². The summed E-state index contributed by atoms with van der Waals surface area (Å²) in [6.45, 7) is 2.44. The fourth-order valence-corrected chi connectivity index (χ4v) is 2.99. The number of amides is 3. The number of carbonyl (C=O) groups excluding carboxylic acids is 2. The number of aryl methyl sites for hydroxylation is 1. The summed E-state index contributed by atoms with van der Waals surface area (Å²) >= 11 is 6.17. The number of urea groups is 1. The van der Waals surface area contributed by atoms with Gasteiger partial charge < -0.3 is 31.2 Å². The highest BCUT2D eigenvalue weighted by molar-refractivity contribution is 6.31. The van der Waals surface area contributed by atoms with E-state index in [4.69, 9.17) is 26.8 Å². The van der Waals surface area contributed by atoms with E-state index in [2.05, 4.69) is 20.9 Å². The summed E-state index contributed by atoms with van der Waals surface area (Å²) in [4.78, 5) is 28.4. The lowest BCUT2D eigenvalue weighted by molar-refractivity contribution is 0.0958. The topological polar surface area (TPSA) is 128 Å². The van der Waals surface area contributed by atoms with Crippen molar-refractivity contribution in [3.8, 4) is 17.2 Å². The van der Waals surface area contributed by atoms with Gasteiger partial charge in [-0.05, 0) is 36.8 Å². The van der Waals surface area contributed by atoms with Crippen molar-refractivity contribution in [3.63, 3.8) is 0 Å². The molecule has 172 valence electrons. The molecule has 0 aliphatic rings. The zero-order chi connectivity index (χ0) is 23.8. The van der Waals surface area contributed by atoms with Gasteiger partial charge in [0.1, 0.15) is 29.5 Å². The molecule has 0 unspecified atom stereocenters. The second-order valence-corrected chi connectivity index (χ2v) is 7.31. The third kappa shape index (κ3) is 6.58. The molecule has 2 aromatic carbocycles. The van der Waals surface area contributed by atoms with Crippen molar-refractivity contribution in [1.29, 1.82) is 0 Å². The summed E-state index contributed by atoms with van der Waals surface area (Å²) in [6.07, 6.45) is 1.48. The fourth-order valence-electron chi connectivity index (χ4n) is 2.83. The van der Waals surface area contributed by atoms with Gasteiger partial charge in [-0.25, -0.2) is 4.79 Å². The number of halogens is 1. The number of nitrogens with one attached hydrogen (secondary N) is 3. The molecule has 0 aliphatic carbocycles. The molecule has 10 heteroatoms. The van der Waals surface area contributed by atoms with Crippen LogP contribution >= 0.6 is 11.6 Å². The fraction of sp³-hybridized carbons (Fsp3) is 0.174. The molecule has 0 saturated carbocycles. The van der Waals surface area contributed by atoms with Crippen LogP contribution in [0.25, 0.3) is 0 Å². The Hall–Kier alpha value is -3.82. The summed E-state index contributed by atoms with van der Waals surface area (Å²) in [7, 11) is 1.52. The summed E-state index contributed by atoms with van der Waals surface area (Å²) < 4.78 is 11.4. The van der Waals surface area contributed by atoms with E-state index in [0.29, 0.717) is 40.2 Å². The van der Waals surface area contributed by atoms with Crippen molar-refractivity contribution in [2.24, 2.45) is 5.73 Å². The SMILES string of the molecule is CNC(=O)c1cc(Oc2cccc(NC(=O)Nc3cc(C)c(Cl)cc3OCCN)c2)ccn1. The van der Waals surface area contributed by atoms with E-state index in [1.54, 1.807) is 42.5 Å². The molecule has 3 rings (SSSR count). The van der Waals surface area contributed by atoms with Crippen molar-refractivity contribution in [2.45, 2.75) is 6.92 Å². The molecule has 0 saturated heterocycles. The monoisotopic (exact) mass is 469 g/mol. The maximum Gasteiger partial charge on any atom is 0.323 e. The summed E-state index contributed by atoms with van der Waals surface area (Å²) in [5, 5.41) is 8.55. The maximum absolute atomic E-state index is 12.6. The normalized spacial score (nSPS) is 10.3. The number of aromatic nitrogens is 1. The number of nitrogens with zero attached hydrogens (tertiary/aromatic N) is 1. The van der Waals surface area contributed by atoms with Crippen LogP contribution in [0.15, 0.2) is 54.7 Å². The quantitative estimate of drug-likeness (QED) is 0.392. The summed E-state index contributed by atoms with van der Waals surface area (Å²) in [5.41, 5.74) is 7.49. The van der Waals surface area contributed by atoms with E-state index in [0.717, 1.165) is 5.56 Å². The maximum atomic E-state index is 12.6. The lowest BCUT2D eigenvalue weighted by Crippen LogP contribution is -2.20. The van der Waals surface area contributed by atoms with Crippen LogP contribution in [0.2, 0.25) is 5.02 Å². The molecule has 1 aromatic heterocycles. The largest absolute Gasteiger partial charge is 0.490 e. The van der Waals surface area contributed by atoms with Crippen molar-refractivity contribution in [3.05, 3.63) is 71.0 Å². The first-order chi connectivity index (χ1) is 15.9. The number of benzene rings is 2. The van der Waals surface area contributed by atoms with Gasteiger partial charge in [-0.2, -0.15) is 0 Å². The molecule has 5 N–H and O–H groups in total. The van der Waals surface area contributed by atoms with Crippen LogP contribution in [0.1, 0.15) is 16.1 Å². The van der Waals surface area contributed by atoms with Crippen molar-refractivity contribution in [1.82, 2.24) is 10.3 Å². The van der Waals surface area contributed by atoms with E-state index in [1.165, 1.54) is 19.3 Å². The Bertz CT molecular complexity index is 1160. The van der Waals surface area contributed by atoms with Gasteiger partial charge in [-0.3, -0.25) is 9.78 Å². The number of hydrogen-bond acceptors (Lipinski definition) is 6. The molecule has 0 radical (unpaired) electrons. The van der Waals surface area contributed by atoms with E-state index in [1.807, 2.05) is 6.92 Å². The van der Waals surface area contributed by atoms with Gasteiger partial charge in [0.15, 0.2) is 0 Å². The summed E-state index contributed by atoms with van der Waals surface area (Å²) in [6, 6.07) is 12.9. The van der Waals surface area contributed by atoms with Gasteiger partial charge in [0, 0.05) is 48.7 Å². The van der Waals surface area contributed by atoms with Crippen LogP contribution in [0.5, 0.6) is 17.2 Å². The molecule has 1 heterocycles. The highest BCUT2D eigenvalue weighted by Crippen LogP contribution is 2.31. The van der Waals surface area contributed by atoms with E-state index in [9.17, 15) is 9.59 Å². The number of ether oxygens (including phenoxy) is 2. The van der Waals surface area contributed by atoms with Gasteiger partial charge in [0.25, 0.3) is 5.91 Å². The number of hydrogen-bond donors (Lipinski definition) is 4. The highest BCUT2D eigenvalue weighted by Gasteiger charge is 2.12. The molecule has 3 amide bonds. The average molecular weight is 470 g/mol. The van der Waals surface area contributed by atoms with E-state index in [-0.39, 0.29) is 18.2 Å². The second kappa shape index (κ2) is 11.2. The second-order valence-electron chi connectivity index (χ2n) is 6.90. The smallest absolute Gasteiger partial charge is 0.323 e. The Kier molecular flexibility index (Phi) is 8.06. The van der Waals surface area contributed by atoms with Crippen LogP contribution in [-0.2, 0) is 0 Å². The molecule has 9 nitrogen and oxygen atoms in total. The van der Waals surface area contributed by atoms with Crippen LogP contribution < -0.4 is 31.2 Å². The molecule has 0 bridgehead atoms. The van der Waals surface area contributed by atoms with Gasteiger partial charge in [0.05, 0.1) is 5.69 Å². The predicted octanol–water partition coefficient (Wildman–Crippen LogP) is 4.18. The average Bonchev–Trinajstić information content (AvgIpc) is 2.80. The lowest BCUT2D eigenvalue weighted by atomic mass is 10.2. The minimum Gasteiger partial charge on any atom is -0.490 e. The Morgan fingerprint density at radius 3 is 2.64 bits per heavy atom. The molecule has 33 heavy (non-hydrogen) atoms. The van der Waals surface area contributed by atoms with Gasteiger partial charge in [0.2, 0.25) is 0 Å². The number of anilines is 2.